The molecule has 0 aromatic heterocycles. The van der Waals surface area contributed by atoms with E-state index in [1.54, 1.807) is 12.1 Å². The van der Waals surface area contributed by atoms with Gasteiger partial charge in [0, 0.05) is 18.5 Å². The molecule has 1 N–H and O–H groups in total. The Morgan fingerprint density at radius 1 is 1.33 bits per heavy atom. The van der Waals surface area contributed by atoms with E-state index >= 15 is 0 Å². The molecule has 2 atom stereocenters. The summed E-state index contributed by atoms with van der Waals surface area (Å²) >= 11 is 1.50. The maximum Gasteiger partial charge on any atom is 0.234 e. The van der Waals surface area contributed by atoms with Crippen molar-refractivity contribution in [3.05, 3.63) is 24.3 Å². The first-order chi connectivity index (χ1) is 9.82. The van der Waals surface area contributed by atoms with E-state index in [1.165, 1.54) is 23.9 Å². The fraction of sp³-hybridized carbons (Fsp3) is 0.429. The second kappa shape index (κ2) is 6.19. The van der Waals surface area contributed by atoms with Crippen LogP contribution in [0.4, 0.5) is 5.69 Å². The van der Waals surface area contributed by atoms with Crippen molar-refractivity contribution in [3.63, 3.8) is 0 Å². The van der Waals surface area contributed by atoms with E-state index < -0.39 is 9.84 Å². The third-order valence-electron chi connectivity index (χ3n) is 3.41. The van der Waals surface area contributed by atoms with Crippen molar-refractivity contribution in [1.29, 1.82) is 0 Å². The van der Waals surface area contributed by atoms with Crippen LogP contribution >= 0.6 is 11.8 Å². The Balaban J connectivity index is 2.11. The Bertz CT molecular complexity index is 666. The summed E-state index contributed by atoms with van der Waals surface area (Å²) in [7, 11) is -3.22. The van der Waals surface area contributed by atoms with Crippen molar-refractivity contribution in [2.45, 2.75) is 11.8 Å². The lowest BCUT2D eigenvalue weighted by Crippen LogP contribution is -2.30. The van der Waals surface area contributed by atoms with Crippen molar-refractivity contribution in [2.75, 3.05) is 24.4 Å². The molecule has 0 saturated heterocycles. The summed E-state index contributed by atoms with van der Waals surface area (Å²) in [6.07, 6.45) is 3.07. The lowest BCUT2D eigenvalue weighted by Gasteiger charge is -2.16. The second-order valence-electron chi connectivity index (χ2n) is 5.12. The molecule has 1 aliphatic heterocycles. The molecule has 1 amide bonds. The van der Waals surface area contributed by atoms with Gasteiger partial charge < -0.3 is 5.32 Å². The van der Waals surface area contributed by atoms with Crippen molar-refractivity contribution >= 4 is 38.2 Å². The van der Waals surface area contributed by atoms with Crippen LogP contribution in [0, 0.1) is 11.8 Å². The number of amides is 1. The topological polar surface area (TPSA) is 75.6 Å². The third kappa shape index (κ3) is 3.65. The summed E-state index contributed by atoms with van der Waals surface area (Å²) in [5.41, 5.74) is 0.590. The minimum atomic E-state index is -3.22. The number of rotatable bonds is 3. The number of anilines is 1. The first-order valence-corrected chi connectivity index (χ1v) is 9.64. The van der Waals surface area contributed by atoms with Crippen LogP contribution in [0.25, 0.3) is 0 Å². The van der Waals surface area contributed by atoms with Gasteiger partial charge in [-0.15, -0.1) is 11.8 Å². The van der Waals surface area contributed by atoms with Crippen molar-refractivity contribution in [2.24, 2.45) is 16.8 Å². The number of hydrogen-bond acceptors (Lipinski definition) is 5. The highest BCUT2D eigenvalue weighted by molar-refractivity contribution is 8.13. The van der Waals surface area contributed by atoms with Crippen molar-refractivity contribution in [1.82, 2.24) is 0 Å². The normalized spacial score (nSPS) is 22.0. The van der Waals surface area contributed by atoms with E-state index in [2.05, 4.69) is 10.3 Å². The van der Waals surface area contributed by atoms with Gasteiger partial charge in [-0.25, -0.2) is 8.42 Å². The number of nitrogens with one attached hydrogen (secondary N) is 1. The summed E-state index contributed by atoms with van der Waals surface area (Å²) in [5, 5.41) is 3.68. The van der Waals surface area contributed by atoms with Crippen molar-refractivity contribution in [3.8, 4) is 0 Å². The molecule has 7 heteroatoms. The van der Waals surface area contributed by atoms with Gasteiger partial charge in [0.15, 0.2) is 9.84 Å². The molecule has 2 rings (SSSR count). The van der Waals surface area contributed by atoms with Crippen molar-refractivity contribution < 1.29 is 13.2 Å². The highest BCUT2D eigenvalue weighted by Crippen LogP contribution is 2.27. The largest absolute Gasteiger partial charge is 0.325 e. The van der Waals surface area contributed by atoms with Crippen LogP contribution in [0.1, 0.15) is 6.92 Å². The van der Waals surface area contributed by atoms with Crippen LogP contribution in [0.2, 0.25) is 0 Å². The van der Waals surface area contributed by atoms with Gasteiger partial charge in [-0.05, 0) is 36.4 Å². The summed E-state index contributed by atoms with van der Waals surface area (Å²) in [6, 6.07) is 6.19. The molecule has 1 aromatic rings. The zero-order valence-corrected chi connectivity index (χ0v) is 13.8. The quantitative estimate of drug-likeness (QED) is 0.922. The van der Waals surface area contributed by atoms with Crippen LogP contribution in [0.15, 0.2) is 34.2 Å². The number of carbonyl (C=O) groups excluding carboxylic acids is 1. The molecule has 0 fully saturated rings. The molecule has 114 valence electrons. The highest BCUT2D eigenvalue weighted by atomic mass is 32.2. The molecule has 1 aromatic carbocycles. The van der Waals surface area contributed by atoms with Gasteiger partial charge in [0.05, 0.1) is 15.9 Å². The molecule has 1 aliphatic rings. The van der Waals surface area contributed by atoms with E-state index in [1.807, 2.05) is 13.2 Å². The standard InChI is InChI=1S/C14H18N2O3S2/c1-9-8-15-14(20-2)12(9)13(17)16-10-4-6-11(7-5-10)21(3,18)19/h4-7,9,12H,8H2,1-3H3,(H,16,17). The molecule has 2 unspecified atom stereocenters. The fourth-order valence-electron chi connectivity index (χ4n) is 2.25. The highest BCUT2D eigenvalue weighted by Gasteiger charge is 2.34. The molecular formula is C14H18N2O3S2. The fourth-order valence-corrected chi connectivity index (χ4v) is 3.68. The molecule has 5 nitrogen and oxygen atoms in total. The molecule has 0 radical (unpaired) electrons. The molecule has 0 saturated carbocycles. The molecule has 0 bridgehead atoms. The molecule has 0 aliphatic carbocycles. The number of thioether (sulfide) groups is 1. The minimum absolute atomic E-state index is 0.0970. The SMILES string of the molecule is CSC1=NCC(C)C1C(=O)Nc1ccc(S(C)(=O)=O)cc1. The molecular weight excluding hydrogens is 308 g/mol. The average molecular weight is 326 g/mol. The number of carbonyl (C=O) groups is 1. The number of nitrogens with zero attached hydrogens (tertiary/aromatic N) is 1. The van der Waals surface area contributed by atoms with Crippen LogP contribution in [0.5, 0.6) is 0 Å². The van der Waals surface area contributed by atoms with Gasteiger partial charge in [-0.2, -0.15) is 0 Å². The van der Waals surface area contributed by atoms with E-state index in [0.717, 1.165) is 11.3 Å². The van der Waals surface area contributed by atoms with Crippen LogP contribution < -0.4 is 5.32 Å². The Labute approximate surface area is 129 Å². The minimum Gasteiger partial charge on any atom is -0.325 e. The lowest BCUT2D eigenvalue weighted by atomic mass is 9.97. The number of benzene rings is 1. The van der Waals surface area contributed by atoms with Gasteiger partial charge in [-0.3, -0.25) is 9.79 Å². The summed E-state index contributed by atoms with van der Waals surface area (Å²) in [4.78, 5) is 17.0. The van der Waals surface area contributed by atoms with Crippen LogP contribution in [-0.2, 0) is 14.6 Å². The predicted octanol–water partition coefficient (Wildman–Crippen LogP) is 2.06. The Morgan fingerprint density at radius 3 is 2.48 bits per heavy atom. The zero-order valence-electron chi connectivity index (χ0n) is 12.2. The van der Waals surface area contributed by atoms with Gasteiger partial charge in [0.2, 0.25) is 5.91 Å². The number of aliphatic imine (C=N–C) groups is 1. The van der Waals surface area contributed by atoms with Gasteiger partial charge in [0.1, 0.15) is 0 Å². The van der Waals surface area contributed by atoms with E-state index in [9.17, 15) is 13.2 Å². The van der Waals surface area contributed by atoms with E-state index in [4.69, 9.17) is 0 Å². The lowest BCUT2D eigenvalue weighted by molar-refractivity contribution is -0.118. The first-order valence-electron chi connectivity index (χ1n) is 6.52. The third-order valence-corrected chi connectivity index (χ3v) is 5.34. The van der Waals surface area contributed by atoms with Crippen LogP contribution in [0.3, 0.4) is 0 Å². The average Bonchev–Trinajstić information content (AvgIpc) is 2.79. The van der Waals surface area contributed by atoms with Gasteiger partial charge in [0.25, 0.3) is 0 Å². The molecule has 0 spiro atoms. The monoisotopic (exact) mass is 326 g/mol. The first kappa shape index (κ1) is 16.0. The van der Waals surface area contributed by atoms with Gasteiger partial charge >= 0.3 is 0 Å². The Morgan fingerprint density at radius 2 is 1.95 bits per heavy atom. The van der Waals surface area contributed by atoms with Gasteiger partial charge in [-0.1, -0.05) is 6.92 Å². The number of hydrogen-bond donors (Lipinski definition) is 1. The summed E-state index contributed by atoms with van der Waals surface area (Å²) in [6.45, 7) is 2.67. The summed E-state index contributed by atoms with van der Waals surface area (Å²) in [5.74, 6) is -0.141. The maximum absolute atomic E-state index is 12.4. The molecule has 1 heterocycles. The van der Waals surface area contributed by atoms with E-state index in [0.29, 0.717) is 12.2 Å². The van der Waals surface area contributed by atoms with Crippen LogP contribution in [-0.4, -0.2) is 38.4 Å². The maximum atomic E-state index is 12.4. The number of sulfone groups is 1. The Hall–Kier alpha value is -1.34. The predicted molar refractivity (Wildman–Crippen MR) is 86.7 cm³/mol. The van der Waals surface area contributed by atoms with E-state index in [-0.39, 0.29) is 22.6 Å². The second-order valence-corrected chi connectivity index (χ2v) is 7.97. The Kier molecular flexibility index (Phi) is 4.73. The summed E-state index contributed by atoms with van der Waals surface area (Å²) < 4.78 is 22.8. The smallest absolute Gasteiger partial charge is 0.234 e. The molecule has 21 heavy (non-hydrogen) atoms. The zero-order chi connectivity index (χ0) is 15.6.